The number of H-pyrrole nitrogens is 1. The Hall–Kier alpha value is -4.06. The van der Waals surface area contributed by atoms with Gasteiger partial charge in [0.25, 0.3) is 11.8 Å². The third kappa shape index (κ3) is 2.99. The van der Waals surface area contributed by atoms with Crippen LogP contribution in [0.3, 0.4) is 0 Å². The van der Waals surface area contributed by atoms with Crippen LogP contribution >= 0.6 is 0 Å². The number of carbonyl (C=O) groups is 2. The van der Waals surface area contributed by atoms with E-state index in [0.717, 1.165) is 16.5 Å². The molecule has 0 unspecified atom stereocenters. The first-order chi connectivity index (χ1) is 14.5. The summed E-state index contributed by atoms with van der Waals surface area (Å²) in [5.74, 6) is 0.597. The molecule has 1 aliphatic heterocycles. The second kappa shape index (κ2) is 6.77. The van der Waals surface area contributed by atoms with E-state index in [2.05, 4.69) is 10.3 Å². The predicted molar refractivity (Wildman–Crippen MR) is 117 cm³/mol. The summed E-state index contributed by atoms with van der Waals surface area (Å²) >= 11 is 0. The van der Waals surface area contributed by atoms with E-state index in [4.69, 9.17) is 4.74 Å². The summed E-state index contributed by atoms with van der Waals surface area (Å²) in [7, 11) is 1.72. The average Bonchev–Trinajstić information content (AvgIpc) is 3.15. The van der Waals surface area contributed by atoms with E-state index in [1.165, 1.54) is 0 Å². The van der Waals surface area contributed by atoms with Gasteiger partial charge in [0.15, 0.2) is 5.75 Å². The number of aryl methyl sites for hydroxylation is 1. The molecule has 1 aromatic heterocycles. The van der Waals surface area contributed by atoms with Crippen LogP contribution in [0, 0.1) is 6.92 Å². The molecule has 4 aromatic rings. The zero-order valence-corrected chi connectivity index (χ0v) is 16.5. The Morgan fingerprint density at radius 2 is 1.80 bits per heavy atom. The Bertz CT molecular complexity index is 1290. The van der Waals surface area contributed by atoms with E-state index in [9.17, 15) is 9.59 Å². The van der Waals surface area contributed by atoms with Gasteiger partial charge in [0.2, 0.25) is 0 Å². The predicted octanol–water partition coefficient (Wildman–Crippen LogP) is 5.11. The lowest BCUT2D eigenvalue weighted by Crippen LogP contribution is -2.25. The molecule has 5 rings (SSSR count). The van der Waals surface area contributed by atoms with Crippen molar-refractivity contribution in [3.05, 3.63) is 83.6 Å². The summed E-state index contributed by atoms with van der Waals surface area (Å²) in [5, 5.41) is 3.82. The summed E-state index contributed by atoms with van der Waals surface area (Å²) in [6.45, 7) is 1.97. The molecule has 0 atom stereocenters. The van der Waals surface area contributed by atoms with Crippen molar-refractivity contribution in [2.75, 3.05) is 17.3 Å². The topological polar surface area (TPSA) is 74.4 Å². The van der Waals surface area contributed by atoms with Gasteiger partial charge >= 0.3 is 0 Å². The van der Waals surface area contributed by atoms with E-state index >= 15 is 0 Å². The van der Waals surface area contributed by atoms with Crippen LogP contribution in [0.5, 0.6) is 11.5 Å². The summed E-state index contributed by atoms with van der Waals surface area (Å²) in [5.41, 5.74) is 4.00. The number of hydrogen-bond acceptors (Lipinski definition) is 3. The number of fused-ring (bicyclic) bond motifs is 3. The van der Waals surface area contributed by atoms with Gasteiger partial charge in [-0.2, -0.15) is 0 Å². The molecule has 1 aliphatic rings. The summed E-state index contributed by atoms with van der Waals surface area (Å²) < 4.78 is 6.00. The minimum Gasteiger partial charge on any atom is -0.454 e. The lowest BCUT2D eigenvalue weighted by atomic mass is 10.1. The monoisotopic (exact) mass is 397 g/mol. The van der Waals surface area contributed by atoms with Crippen LogP contribution in [-0.2, 0) is 0 Å². The SMILES string of the molecule is Cc1ccc2c(c1)N(C)C(=O)c1cc(NC(=O)c3cc4ccccc4[nH]3)ccc1O2. The van der Waals surface area contributed by atoms with Gasteiger partial charge in [-0.05, 0) is 55.0 Å². The molecule has 0 bridgehead atoms. The van der Waals surface area contributed by atoms with Gasteiger partial charge in [-0.1, -0.05) is 24.3 Å². The number of nitrogens with zero attached hydrogens (tertiary/aromatic N) is 1. The van der Waals surface area contributed by atoms with E-state index in [-0.39, 0.29) is 11.8 Å². The first-order valence-electron chi connectivity index (χ1n) is 9.59. The number of para-hydroxylation sites is 1. The summed E-state index contributed by atoms with van der Waals surface area (Å²) in [4.78, 5) is 30.5. The zero-order valence-electron chi connectivity index (χ0n) is 16.5. The summed E-state index contributed by atoms with van der Waals surface area (Å²) in [6.07, 6.45) is 0. The number of hydrogen-bond donors (Lipinski definition) is 2. The van der Waals surface area contributed by atoms with Crippen LogP contribution in [0.25, 0.3) is 10.9 Å². The van der Waals surface area contributed by atoms with Crippen molar-refractivity contribution in [3.8, 4) is 11.5 Å². The van der Waals surface area contributed by atoms with E-state index in [0.29, 0.717) is 34.1 Å². The van der Waals surface area contributed by atoms with Crippen molar-refractivity contribution >= 4 is 34.1 Å². The Kier molecular flexibility index (Phi) is 4.06. The molecular formula is C24H19N3O3. The number of aromatic nitrogens is 1. The Labute approximate surface area is 173 Å². The molecule has 6 nitrogen and oxygen atoms in total. The molecule has 0 saturated carbocycles. The molecule has 3 aromatic carbocycles. The van der Waals surface area contributed by atoms with Gasteiger partial charge in [0, 0.05) is 23.6 Å². The van der Waals surface area contributed by atoms with Gasteiger partial charge in [0.1, 0.15) is 11.4 Å². The van der Waals surface area contributed by atoms with Crippen LogP contribution in [0.2, 0.25) is 0 Å². The van der Waals surface area contributed by atoms with E-state index in [1.54, 1.807) is 36.2 Å². The van der Waals surface area contributed by atoms with Crippen molar-refractivity contribution in [3.63, 3.8) is 0 Å². The molecule has 2 heterocycles. The first kappa shape index (κ1) is 18.0. The van der Waals surface area contributed by atoms with Crippen molar-refractivity contribution in [2.45, 2.75) is 6.92 Å². The molecule has 148 valence electrons. The fraction of sp³-hybridized carbons (Fsp3) is 0.0833. The van der Waals surface area contributed by atoms with Gasteiger partial charge in [-0.15, -0.1) is 0 Å². The number of anilines is 2. The largest absolute Gasteiger partial charge is 0.454 e. The van der Waals surface area contributed by atoms with Crippen molar-refractivity contribution < 1.29 is 14.3 Å². The molecule has 2 N–H and O–H groups in total. The van der Waals surface area contributed by atoms with Crippen molar-refractivity contribution in [2.24, 2.45) is 0 Å². The van der Waals surface area contributed by atoms with Gasteiger partial charge in [-0.3, -0.25) is 9.59 Å². The van der Waals surface area contributed by atoms with Crippen LogP contribution < -0.4 is 15.0 Å². The average molecular weight is 397 g/mol. The smallest absolute Gasteiger partial charge is 0.272 e. The summed E-state index contributed by atoms with van der Waals surface area (Å²) in [6, 6.07) is 20.3. The normalized spacial score (nSPS) is 12.7. The van der Waals surface area contributed by atoms with Crippen LogP contribution in [0.4, 0.5) is 11.4 Å². The maximum Gasteiger partial charge on any atom is 0.272 e. The fourth-order valence-electron chi connectivity index (χ4n) is 3.64. The number of benzene rings is 3. The van der Waals surface area contributed by atoms with Gasteiger partial charge in [0.05, 0.1) is 11.3 Å². The fourth-order valence-corrected chi connectivity index (χ4v) is 3.64. The molecule has 0 radical (unpaired) electrons. The molecule has 2 amide bonds. The van der Waals surface area contributed by atoms with Crippen LogP contribution in [0.15, 0.2) is 66.7 Å². The Balaban J connectivity index is 1.46. The number of carbonyl (C=O) groups excluding carboxylic acids is 2. The second-order valence-corrected chi connectivity index (χ2v) is 7.37. The highest BCUT2D eigenvalue weighted by molar-refractivity contribution is 6.11. The molecule has 6 heteroatoms. The minimum absolute atomic E-state index is 0.198. The molecule has 0 aliphatic carbocycles. The first-order valence-corrected chi connectivity index (χ1v) is 9.59. The minimum atomic E-state index is -0.277. The van der Waals surface area contributed by atoms with Crippen molar-refractivity contribution in [1.29, 1.82) is 0 Å². The number of ether oxygens (including phenoxy) is 1. The van der Waals surface area contributed by atoms with Crippen molar-refractivity contribution in [1.82, 2.24) is 4.98 Å². The standard InChI is InChI=1S/C24H19N3O3/c1-14-7-9-22-20(11-14)27(2)24(29)17-13-16(8-10-21(17)30-22)25-23(28)19-12-15-5-3-4-6-18(15)26-19/h3-13,26H,1-2H3,(H,25,28). The highest BCUT2D eigenvalue weighted by Gasteiger charge is 2.26. The van der Waals surface area contributed by atoms with E-state index < -0.39 is 0 Å². The third-order valence-electron chi connectivity index (χ3n) is 5.24. The molecule has 0 spiro atoms. The zero-order chi connectivity index (χ0) is 20.8. The highest BCUT2D eigenvalue weighted by atomic mass is 16.5. The second-order valence-electron chi connectivity index (χ2n) is 7.37. The Morgan fingerprint density at radius 1 is 1.00 bits per heavy atom. The van der Waals surface area contributed by atoms with Gasteiger partial charge < -0.3 is 19.9 Å². The van der Waals surface area contributed by atoms with Gasteiger partial charge in [-0.25, -0.2) is 0 Å². The van der Waals surface area contributed by atoms with Crippen LogP contribution in [-0.4, -0.2) is 23.8 Å². The Morgan fingerprint density at radius 3 is 2.63 bits per heavy atom. The quantitative estimate of drug-likeness (QED) is 0.494. The molecular weight excluding hydrogens is 378 g/mol. The lowest BCUT2D eigenvalue weighted by Gasteiger charge is -2.16. The third-order valence-corrected chi connectivity index (χ3v) is 5.24. The number of aromatic amines is 1. The maximum absolute atomic E-state index is 13.1. The number of nitrogens with one attached hydrogen (secondary N) is 2. The number of rotatable bonds is 2. The lowest BCUT2D eigenvalue weighted by molar-refractivity contribution is 0.0989. The molecule has 30 heavy (non-hydrogen) atoms. The number of amides is 2. The van der Waals surface area contributed by atoms with Crippen LogP contribution in [0.1, 0.15) is 26.4 Å². The highest BCUT2D eigenvalue weighted by Crippen LogP contribution is 2.39. The molecule has 0 fully saturated rings. The molecule has 0 saturated heterocycles. The van der Waals surface area contributed by atoms with E-state index in [1.807, 2.05) is 49.4 Å². The maximum atomic E-state index is 13.1.